The second-order valence-electron chi connectivity index (χ2n) is 7.98. The van der Waals surface area contributed by atoms with Crippen LogP contribution in [0.3, 0.4) is 0 Å². The highest BCUT2D eigenvalue weighted by Gasteiger charge is 2.27. The monoisotopic (exact) mass is 542 g/mol. The molecule has 1 fully saturated rings. The first-order chi connectivity index (χ1) is 17.5. The lowest BCUT2D eigenvalue weighted by Crippen LogP contribution is -2.50. The smallest absolute Gasteiger partial charge is 0.371 e. The van der Waals surface area contributed by atoms with Gasteiger partial charge < -0.3 is 9.84 Å². The molecule has 1 aromatic carbocycles. The van der Waals surface area contributed by atoms with Gasteiger partial charge in [-0.3, -0.25) is 9.80 Å². The van der Waals surface area contributed by atoms with Crippen molar-refractivity contribution in [3.05, 3.63) is 81.4 Å². The summed E-state index contributed by atoms with van der Waals surface area (Å²) in [6, 6.07) is 9.94. The van der Waals surface area contributed by atoms with Gasteiger partial charge in [0.05, 0.1) is 13.2 Å². The average molecular weight is 543 g/mol. The van der Waals surface area contributed by atoms with Gasteiger partial charge in [-0.15, -0.1) is 0 Å². The second-order valence-corrected chi connectivity index (χ2v) is 10.9. The molecule has 1 amide bonds. The molecule has 3 rings (SSSR count). The quantitative estimate of drug-likeness (QED) is 0.232. The molecule has 2 aromatic rings. The van der Waals surface area contributed by atoms with Crippen LogP contribution in [-0.4, -0.2) is 64.3 Å². The van der Waals surface area contributed by atoms with Crippen molar-refractivity contribution < 1.29 is 19.4 Å². The number of hydrazine groups is 1. The van der Waals surface area contributed by atoms with E-state index >= 15 is 0 Å². The van der Waals surface area contributed by atoms with E-state index in [4.69, 9.17) is 4.74 Å². The van der Waals surface area contributed by atoms with Crippen molar-refractivity contribution in [2.75, 3.05) is 32.5 Å². The summed E-state index contributed by atoms with van der Waals surface area (Å²) in [4.78, 5) is 25.0. The predicted octanol–water partition coefficient (Wildman–Crippen LogP) is 5.79. The lowest BCUT2D eigenvalue weighted by Gasteiger charge is -2.38. The van der Waals surface area contributed by atoms with Gasteiger partial charge in [-0.05, 0) is 65.1 Å². The van der Waals surface area contributed by atoms with Crippen LogP contribution in [0.1, 0.15) is 29.5 Å². The SMILES string of the molecule is C=C/C=C(/CCN1C(=O)SCCN1CCC(O)Cc1cccc(C#Cc2ccsc2)c1)SC(=O)OC. The number of thiophene rings is 1. The molecule has 190 valence electrons. The van der Waals surface area contributed by atoms with E-state index in [1.807, 2.05) is 46.1 Å². The summed E-state index contributed by atoms with van der Waals surface area (Å²) in [7, 11) is 1.34. The molecule has 1 unspecified atom stereocenters. The number of carbonyl (C=O) groups excluding carboxylic acids is 2. The fraction of sp³-hybridized carbons (Fsp3) is 0.333. The Morgan fingerprint density at radius 2 is 2.14 bits per heavy atom. The largest absolute Gasteiger partial charge is 0.461 e. The van der Waals surface area contributed by atoms with Crippen LogP contribution in [0.5, 0.6) is 0 Å². The molecule has 1 saturated heterocycles. The van der Waals surface area contributed by atoms with Crippen LogP contribution in [0.2, 0.25) is 0 Å². The van der Waals surface area contributed by atoms with Gasteiger partial charge in [0.25, 0.3) is 5.24 Å². The number of aliphatic hydroxyl groups is 1. The Balaban J connectivity index is 1.54. The first-order valence-electron chi connectivity index (χ1n) is 11.6. The van der Waals surface area contributed by atoms with Gasteiger partial charge in [-0.25, -0.2) is 9.80 Å². The van der Waals surface area contributed by atoms with Crippen molar-refractivity contribution in [2.45, 2.75) is 25.4 Å². The van der Waals surface area contributed by atoms with Gasteiger partial charge in [-0.1, -0.05) is 54.5 Å². The summed E-state index contributed by atoms with van der Waals surface area (Å²) >= 11 is 3.91. The minimum absolute atomic E-state index is 0.0198. The Morgan fingerprint density at radius 3 is 2.89 bits per heavy atom. The molecule has 0 spiro atoms. The van der Waals surface area contributed by atoms with Crippen molar-refractivity contribution >= 4 is 45.4 Å². The highest BCUT2D eigenvalue weighted by molar-refractivity contribution is 8.16. The number of thioether (sulfide) groups is 2. The molecular weight excluding hydrogens is 513 g/mol. The Bertz CT molecular complexity index is 1120. The van der Waals surface area contributed by atoms with Gasteiger partial charge in [0.1, 0.15) is 0 Å². The van der Waals surface area contributed by atoms with Crippen molar-refractivity contribution in [3.8, 4) is 11.8 Å². The second kappa shape index (κ2) is 14.9. The number of carbonyl (C=O) groups is 2. The van der Waals surface area contributed by atoms with E-state index in [2.05, 4.69) is 18.4 Å². The molecule has 1 aliphatic heterocycles. The normalized spacial score (nSPS) is 15.2. The minimum Gasteiger partial charge on any atom is -0.461 e. The van der Waals surface area contributed by atoms with Gasteiger partial charge >= 0.3 is 5.30 Å². The number of ether oxygens (including phenoxy) is 1. The number of allylic oxidation sites excluding steroid dienone is 2. The summed E-state index contributed by atoms with van der Waals surface area (Å²) in [6.07, 6.45) is 4.40. The number of methoxy groups -OCH3 is 1. The van der Waals surface area contributed by atoms with Gasteiger partial charge in [0.2, 0.25) is 0 Å². The van der Waals surface area contributed by atoms with Crippen LogP contribution in [-0.2, 0) is 11.2 Å². The Hall–Kier alpha value is -2.48. The summed E-state index contributed by atoms with van der Waals surface area (Å²) in [5.41, 5.74) is 2.95. The minimum atomic E-state index is -0.539. The molecule has 0 radical (unpaired) electrons. The van der Waals surface area contributed by atoms with E-state index < -0.39 is 11.4 Å². The Kier molecular flexibility index (Phi) is 11.7. The molecule has 6 nitrogen and oxygen atoms in total. The zero-order valence-corrected chi connectivity index (χ0v) is 22.7. The van der Waals surface area contributed by atoms with E-state index in [-0.39, 0.29) is 5.24 Å². The molecule has 1 aliphatic rings. The molecule has 0 saturated carbocycles. The average Bonchev–Trinajstić information content (AvgIpc) is 3.39. The fourth-order valence-electron chi connectivity index (χ4n) is 3.61. The van der Waals surface area contributed by atoms with Crippen molar-refractivity contribution in [2.24, 2.45) is 0 Å². The Labute approximate surface area is 225 Å². The highest BCUT2D eigenvalue weighted by Crippen LogP contribution is 2.25. The molecule has 2 heterocycles. The van der Waals surface area contributed by atoms with Gasteiger partial charge in [-0.2, -0.15) is 11.3 Å². The van der Waals surface area contributed by atoms with Crippen LogP contribution in [0.4, 0.5) is 9.59 Å². The number of nitrogens with zero attached hydrogens (tertiary/aromatic N) is 2. The first-order valence-corrected chi connectivity index (χ1v) is 14.3. The first kappa shape index (κ1) is 28.1. The molecule has 0 aliphatic carbocycles. The third-order valence-electron chi connectivity index (χ3n) is 5.37. The number of hydrogen-bond donors (Lipinski definition) is 1. The predicted molar refractivity (Wildman–Crippen MR) is 150 cm³/mol. The maximum Gasteiger partial charge on any atom is 0.371 e. The maximum atomic E-state index is 12.6. The number of amides is 1. The molecule has 0 bridgehead atoms. The van der Waals surface area contributed by atoms with Gasteiger partial charge in [0.15, 0.2) is 0 Å². The van der Waals surface area contributed by atoms with Crippen LogP contribution >= 0.6 is 34.9 Å². The maximum absolute atomic E-state index is 12.6. The van der Waals surface area contributed by atoms with Crippen LogP contribution in [0, 0.1) is 11.8 Å². The van der Waals surface area contributed by atoms with E-state index in [1.54, 1.807) is 28.5 Å². The number of benzene rings is 1. The lowest BCUT2D eigenvalue weighted by atomic mass is 10.0. The number of rotatable bonds is 10. The van der Waals surface area contributed by atoms with E-state index in [0.29, 0.717) is 38.1 Å². The van der Waals surface area contributed by atoms with E-state index in [1.165, 1.54) is 18.9 Å². The third kappa shape index (κ3) is 9.19. The lowest BCUT2D eigenvalue weighted by molar-refractivity contribution is 0.0150. The molecular formula is C27H30N2O4S3. The zero-order chi connectivity index (χ0) is 25.8. The molecule has 1 N–H and O–H groups in total. The molecule has 1 aromatic heterocycles. The van der Waals surface area contributed by atoms with Crippen molar-refractivity contribution in [1.29, 1.82) is 0 Å². The topological polar surface area (TPSA) is 70.1 Å². The molecule has 1 atom stereocenters. The molecule has 9 heteroatoms. The fourth-order valence-corrected chi connectivity index (χ4v) is 5.68. The molecule has 36 heavy (non-hydrogen) atoms. The Morgan fingerprint density at radius 1 is 1.31 bits per heavy atom. The van der Waals surface area contributed by atoms with E-state index in [9.17, 15) is 14.7 Å². The van der Waals surface area contributed by atoms with Crippen molar-refractivity contribution in [1.82, 2.24) is 10.0 Å². The van der Waals surface area contributed by atoms with E-state index in [0.717, 1.165) is 39.9 Å². The third-order valence-corrected chi connectivity index (χ3v) is 7.84. The number of aliphatic hydroxyl groups excluding tert-OH is 1. The summed E-state index contributed by atoms with van der Waals surface area (Å²) in [6.45, 7) is 5.43. The van der Waals surface area contributed by atoms with Crippen LogP contribution < -0.4 is 0 Å². The van der Waals surface area contributed by atoms with Crippen LogP contribution in [0.25, 0.3) is 0 Å². The summed E-state index contributed by atoms with van der Waals surface area (Å²) in [5, 5.41) is 18.0. The summed E-state index contributed by atoms with van der Waals surface area (Å²) < 4.78 is 4.73. The van der Waals surface area contributed by atoms with Crippen LogP contribution in [0.15, 0.2) is 64.7 Å². The zero-order valence-electron chi connectivity index (χ0n) is 20.2. The number of hydrogen-bond acceptors (Lipinski definition) is 8. The van der Waals surface area contributed by atoms with Gasteiger partial charge in [0, 0.05) is 41.9 Å². The standard InChI is InChI=1S/C27H30N2O4S3/c1-3-5-25(36-27(32)33-2)11-14-29-26(31)35-17-15-28(29)13-10-24(30)19-23-7-4-6-21(18-23)8-9-22-12-16-34-20-22/h3-7,12,16,18,20,24,30H,1,10-11,13-15,17,19H2,2H3/b25-5-. The summed E-state index contributed by atoms with van der Waals surface area (Å²) in [5.74, 6) is 7.05. The van der Waals surface area contributed by atoms with Crippen molar-refractivity contribution in [3.63, 3.8) is 0 Å². The highest BCUT2D eigenvalue weighted by atomic mass is 32.2.